The van der Waals surface area contributed by atoms with Gasteiger partial charge in [-0.1, -0.05) is 20.8 Å². The quantitative estimate of drug-likeness (QED) is 0.762. The molecule has 0 bridgehead atoms. The van der Waals surface area contributed by atoms with Crippen molar-refractivity contribution in [3.8, 4) is 0 Å². The van der Waals surface area contributed by atoms with Gasteiger partial charge in [-0.25, -0.2) is 4.98 Å². The lowest BCUT2D eigenvalue weighted by molar-refractivity contribution is -0.119. The summed E-state index contributed by atoms with van der Waals surface area (Å²) in [5.74, 6) is 1.02. The summed E-state index contributed by atoms with van der Waals surface area (Å²) in [5.41, 5.74) is 3.32. The molecule has 1 aliphatic heterocycles. The highest BCUT2D eigenvalue weighted by Crippen LogP contribution is 2.39. The minimum Gasteiger partial charge on any atom is -0.341 e. The van der Waals surface area contributed by atoms with E-state index in [1.165, 1.54) is 0 Å². The smallest absolute Gasteiger partial charge is 0.234 e. The van der Waals surface area contributed by atoms with Crippen LogP contribution in [0.1, 0.15) is 46.0 Å². The normalized spacial score (nSPS) is 17.6. The zero-order valence-electron chi connectivity index (χ0n) is 12.0. The molecule has 19 heavy (non-hydrogen) atoms. The van der Waals surface area contributed by atoms with Crippen LogP contribution in [0.15, 0.2) is 12.1 Å². The molecule has 2 aromatic rings. The lowest BCUT2D eigenvalue weighted by Crippen LogP contribution is -2.26. The summed E-state index contributed by atoms with van der Waals surface area (Å²) in [4.78, 5) is 19.9. The van der Waals surface area contributed by atoms with E-state index in [1.807, 2.05) is 26.0 Å². The van der Waals surface area contributed by atoms with E-state index in [0.29, 0.717) is 0 Å². The molecule has 0 saturated carbocycles. The molecule has 0 spiro atoms. The van der Waals surface area contributed by atoms with Crippen LogP contribution in [0.4, 0.5) is 5.69 Å². The third-order valence-electron chi connectivity index (χ3n) is 3.82. The summed E-state index contributed by atoms with van der Waals surface area (Å²) < 4.78 is 0. The number of aromatic amines is 1. The van der Waals surface area contributed by atoms with Gasteiger partial charge in [0.25, 0.3) is 0 Å². The second-order valence-electron chi connectivity index (χ2n) is 6.83. The number of benzene rings is 1. The first-order valence-electron chi connectivity index (χ1n) is 6.56. The molecule has 0 fully saturated rings. The van der Waals surface area contributed by atoms with Crippen LogP contribution in [-0.2, 0) is 15.6 Å². The van der Waals surface area contributed by atoms with Crippen molar-refractivity contribution in [1.82, 2.24) is 9.97 Å². The van der Waals surface area contributed by atoms with Gasteiger partial charge in [0.15, 0.2) is 0 Å². The van der Waals surface area contributed by atoms with Gasteiger partial charge in [0.1, 0.15) is 5.82 Å². The van der Waals surface area contributed by atoms with Gasteiger partial charge in [-0.05, 0) is 31.5 Å². The number of aromatic nitrogens is 2. The number of rotatable bonds is 0. The van der Waals surface area contributed by atoms with Crippen LogP contribution in [-0.4, -0.2) is 15.9 Å². The number of carbonyl (C=O) groups is 1. The summed E-state index contributed by atoms with van der Waals surface area (Å²) in [6.07, 6.45) is 0. The average molecular weight is 257 g/mol. The van der Waals surface area contributed by atoms with Crippen LogP contribution in [0.3, 0.4) is 0 Å². The fraction of sp³-hybridized carbons (Fsp3) is 0.467. The molecule has 1 aliphatic rings. The maximum Gasteiger partial charge on any atom is 0.234 e. The van der Waals surface area contributed by atoms with Crippen molar-refractivity contribution in [1.29, 1.82) is 0 Å². The highest BCUT2D eigenvalue weighted by Gasteiger charge is 2.38. The van der Waals surface area contributed by atoms with E-state index in [-0.39, 0.29) is 11.3 Å². The number of amides is 1. The lowest BCUT2D eigenvalue weighted by atomic mass is 9.86. The van der Waals surface area contributed by atoms with Gasteiger partial charge in [-0.3, -0.25) is 4.79 Å². The van der Waals surface area contributed by atoms with E-state index in [0.717, 1.165) is 28.1 Å². The maximum atomic E-state index is 11.9. The Morgan fingerprint density at radius 1 is 1.21 bits per heavy atom. The van der Waals surface area contributed by atoms with E-state index < -0.39 is 5.41 Å². The highest BCUT2D eigenvalue weighted by atomic mass is 16.2. The molecule has 0 radical (unpaired) electrons. The first-order valence-corrected chi connectivity index (χ1v) is 6.56. The molecular weight excluding hydrogens is 238 g/mol. The van der Waals surface area contributed by atoms with Crippen molar-refractivity contribution >= 4 is 22.6 Å². The van der Waals surface area contributed by atoms with Gasteiger partial charge < -0.3 is 10.3 Å². The van der Waals surface area contributed by atoms with E-state index in [9.17, 15) is 4.79 Å². The summed E-state index contributed by atoms with van der Waals surface area (Å²) >= 11 is 0. The monoisotopic (exact) mass is 257 g/mol. The number of hydrogen-bond donors (Lipinski definition) is 2. The third kappa shape index (κ3) is 1.66. The zero-order chi connectivity index (χ0) is 14.0. The van der Waals surface area contributed by atoms with Gasteiger partial charge in [0.05, 0.1) is 16.4 Å². The number of fused-ring (bicyclic) bond motifs is 2. The summed E-state index contributed by atoms with van der Waals surface area (Å²) in [6, 6.07) is 4.01. The van der Waals surface area contributed by atoms with Gasteiger partial charge >= 0.3 is 0 Å². The number of hydrogen-bond acceptors (Lipinski definition) is 2. The molecule has 1 aromatic heterocycles. The van der Waals surface area contributed by atoms with Crippen molar-refractivity contribution in [3.05, 3.63) is 23.5 Å². The second kappa shape index (κ2) is 3.38. The van der Waals surface area contributed by atoms with Crippen LogP contribution in [0, 0.1) is 0 Å². The fourth-order valence-electron chi connectivity index (χ4n) is 2.43. The third-order valence-corrected chi connectivity index (χ3v) is 3.82. The summed E-state index contributed by atoms with van der Waals surface area (Å²) in [7, 11) is 0. The number of nitrogens with zero attached hydrogens (tertiary/aromatic N) is 1. The number of carbonyl (C=O) groups excluding carboxylic acids is 1. The molecule has 1 amide bonds. The Hall–Kier alpha value is -1.84. The Labute approximate surface area is 112 Å². The topological polar surface area (TPSA) is 57.8 Å². The van der Waals surface area contributed by atoms with Gasteiger partial charge in [0.2, 0.25) is 5.91 Å². The first kappa shape index (κ1) is 12.2. The molecule has 0 unspecified atom stereocenters. The summed E-state index contributed by atoms with van der Waals surface area (Å²) in [5, 5.41) is 2.94. The van der Waals surface area contributed by atoms with Crippen molar-refractivity contribution < 1.29 is 4.79 Å². The number of nitrogens with one attached hydrogen (secondary N) is 2. The van der Waals surface area contributed by atoms with Gasteiger partial charge in [-0.15, -0.1) is 0 Å². The molecule has 4 heteroatoms. The largest absolute Gasteiger partial charge is 0.341 e. The zero-order valence-corrected chi connectivity index (χ0v) is 12.0. The minimum absolute atomic E-state index is 0.0117. The van der Waals surface area contributed by atoms with Crippen LogP contribution < -0.4 is 5.32 Å². The fourth-order valence-corrected chi connectivity index (χ4v) is 2.43. The first-order chi connectivity index (χ1) is 8.69. The number of anilines is 1. The molecule has 2 heterocycles. The van der Waals surface area contributed by atoms with Crippen LogP contribution in [0.25, 0.3) is 11.0 Å². The standard InChI is InChI=1S/C15H19N3O/c1-14(2,3)12-16-10-6-8-9(7-11(10)17-12)18-13(19)15(8,4)5/h6-7H,1-5H3,(H,16,17)(H,18,19). The number of H-pyrrole nitrogens is 1. The molecule has 0 aliphatic carbocycles. The van der Waals surface area contributed by atoms with E-state index >= 15 is 0 Å². The van der Waals surface area contributed by atoms with Crippen LogP contribution in [0.2, 0.25) is 0 Å². The molecule has 3 rings (SSSR count). The Bertz CT molecular complexity index is 689. The molecule has 0 saturated heterocycles. The van der Waals surface area contributed by atoms with E-state index in [1.54, 1.807) is 0 Å². The summed E-state index contributed by atoms with van der Waals surface area (Å²) in [6.45, 7) is 10.3. The molecular formula is C15H19N3O. The second-order valence-corrected chi connectivity index (χ2v) is 6.83. The Kier molecular flexibility index (Phi) is 2.17. The molecule has 100 valence electrons. The Morgan fingerprint density at radius 3 is 2.53 bits per heavy atom. The SMILES string of the molecule is CC(C)(C)c1nc2cc3c(cc2[nH]1)NC(=O)C3(C)C. The average Bonchev–Trinajstić information content (AvgIpc) is 2.77. The van der Waals surface area contributed by atoms with Gasteiger partial charge in [0, 0.05) is 11.1 Å². The lowest BCUT2D eigenvalue weighted by Gasteiger charge is -2.14. The van der Waals surface area contributed by atoms with E-state index in [2.05, 4.69) is 36.1 Å². The number of imidazole rings is 1. The van der Waals surface area contributed by atoms with Crippen molar-refractivity contribution in [2.75, 3.05) is 5.32 Å². The molecule has 0 atom stereocenters. The van der Waals surface area contributed by atoms with Crippen molar-refractivity contribution in [2.45, 2.75) is 45.4 Å². The predicted octanol–water partition coefficient (Wildman–Crippen LogP) is 3.09. The molecule has 4 nitrogen and oxygen atoms in total. The molecule has 2 N–H and O–H groups in total. The Balaban J connectivity index is 2.22. The minimum atomic E-state index is -0.482. The van der Waals surface area contributed by atoms with Crippen LogP contribution in [0.5, 0.6) is 0 Å². The molecule has 1 aromatic carbocycles. The van der Waals surface area contributed by atoms with Crippen molar-refractivity contribution in [2.24, 2.45) is 0 Å². The van der Waals surface area contributed by atoms with Crippen LogP contribution >= 0.6 is 0 Å². The maximum absolute atomic E-state index is 11.9. The van der Waals surface area contributed by atoms with Crippen molar-refractivity contribution in [3.63, 3.8) is 0 Å². The van der Waals surface area contributed by atoms with Gasteiger partial charge in [-0.2, -0.15) is 0 Å². The van der Waals surface area contributed by atoms with E-state index in [4.69, 9.17) is 0 Å². The highest BCUT2D eigenvalue weighted by molar-refractivity contribution is 6.07. The predicted molar refractivity (Wildman–Crippen MR) is 76.4 cm³/mol. The Morgan fingerprint density at radius 2 is 1.89 bits per heavy atom.